The molecule has 0 spiro atoms. The highest BCUT2D eigenvalue weighted by molar-refractivity contribution is 7.21. The van der Waals surface area contributed by atoms with Gasteiger partial charge < -0.3 is 10.6 Å². The SMILES string of the molecule is NC(=O)CC1CCN(C(=O)c2sc3ccccc3c2Cl)CC1. The minimum atomic E-state index is -0.266. The van der Waals surface area contributed by atoms with Gasteiger partial charge in [-0.05, 0) is 24.8 Å². The van der Waals surface area contributed by atoms with Crippen LogP contribution in [0.1, 0.15) is 28.9 Å². The molecule has 1 aliphatic rings. The number of fused-ring (bicyclic) bond motifs is 1. The van der Waals surface area contributed by atoms with Crippen LogP contribution in [0, 0.1) is 5.92 Å². The summed E-state index contributed by atoms with van der Waals surface area (Å²) < 4.78 is 1.03. The quantitative estimate of drug-likeness (QED) is 0.934. The number of hydrogen-bond donors (Lipinski definition) is 1. The molecule has 2 heterocycles. The Balaban J connectivity index is 1.74. The number of carbonyl (C=O) groups is 2. The van der Waals surface area contributed by atoms with Gasteiger partial charge in [0.1, 0.15) is 4.88 Å². The summed E-state index contributed by atoms with van der Waals surface area (Å²) in [5.41, 5.74) is 5.24. The monoisotopic (exact) mass is 336 g/mol. The van der Waals surface area contributed by atoms with Crippen molar-refractivity contribution < 1.29 is 9.59 Å². The maximum atomic E-state index is 12.7. The zero-order valence-electron chi connectivity index (χ0n) is 12.0. The summed E-state index contributed by atoms with van der Waals surface area (Å²) in [7, 11) is 0. The molecule has 22 heavy (non-hydrogen) atoms. The Labute approximate surface area is 137 Å². The van der Waals surface area contributed by atoms with E-state index in [0.717, 1.165) is 22.9 Å². The van der Waals surface area contributed by atoms with E-state index in [1.165, 1.54) is 11.3 Å². The number of thiophene rings is 1. The summed E-state index contributed by atoms with van der Waals surface area (Å²) in [5.74, 6) is 0.0143. The van der Waals surface area contributed by atoms with Gasteiger partial charge in [-0.25, -0.2) is 0 Å². The second-order valence-corrected chi connectivity index (χ2v) is 7.08. The van der Waals surface area contributed by atoms with Gasteiger partial charge in [0, 0.05) is 29.6 Å². The highest BCUT2D eigenvalue weighted by Crippen LogP contribution is 2.36. The second-order valence-electron chi connectivity index (χ2n) is 5.65. The lowest BCUT2D eigenvalue weighted by Gasteiger charge is -2.31. The van der Waals surface area contributed by atoms with Crippen LogP contribution in [-0.4, -0.2) is 29.8 Å². The molecule has 3 rings (SSSR count). The van der Waals surface area contributed by atoms with Gasteiger partial charge in [0.05, 0.1) is 5.02 Å². The predicted molar refractivity (Wildman–Crippen MR) is 89.3 cm³/mol. The minimum Gasteiger partial charge on any atom is -0.370 e. The molecule has 0 bridgehead atoms. The standard InChI is InChI=1S/C16H17ClN2O2S/c17-14-11-3-1-2-4-12(11)22-15(14)16(21)19-7-5-10(6-8-19)9-13(18)20/h1-4,10H,5-9H2,(H2,18,20). The van der Waals surface area contributed by atoms with E-state index in [2.05, 4.69) is 0 Å². The average Bonchev–Trinajstić information content (AvgIpc) is 2.84. The lowest BCUT2D eigenvalue weighted by molar-refractivity contribution is -0.119. The van der Waals surface area contributed by atoms with Crippen molar-refractivity contribution in [2.75, 3.05) is 13.1 Å². The third-order valence-electron chi connectivity index (χ3n) is 4.12. The van der Waals surface area contributed by atoms with E-state index in [4.69, 9.17) is 17.3 Å². The van der Waals surface area contributed by atoms with Crippen LogP contribution < -0.4 is 5.73 Å². The van der Waals surface area contributed by atoms with E-state index in [9.17, 15) is 9.59 Å². The molecule has 1 saturated heterocycles. The number of nitrogens with zero attached hydrogens (tertiary/aromatic N) is 1. The molecule has 1 fully saturated rings. The fourth-order valence-corrected chi connectivity index (χ4v) is 4.40. The molecule has 2 N–H and O–H groups in total. The van der Waals surface area contributed by atoms with Gasteiger partial charge in [0.15, 0.2) is 0 Å². The van der Waals surface area contributed by atoms with Gasteiger partial charge in [-0.1, -0.05) is 29.8 Å². The van der Waals surface area contributed by atoms with Gasteiger partial charge in [-0.3, -0.25) is 9.59 Å². The van der Waals surface area contributed by atoms with Crippen LogP contribution >= 0.6 is 22.9 Å². The lowest BCUT2D eigenvalue weighted by Crippen LogP contribution is -2.39. The summed E-state index contributed by atoms with van der Waals surface area (Å²) in [4.78, 5) is 26.1. The normalized spacial score (nSPS) is 16.1. The lowest BCUT2D eigenvalue weighted by atomic mass is 9.93. The van der Waals surface area contributed by atoms with Gasteiger partial charge in [0.2, 0.25) is 5.91 Å². The van der Waals surface area contributed by atoms with Crippen LogP contribution in [0.3, 0.4) is 0 Å². The number of piperidine rings is 1. The van der Waals surface area contributed by atoms with Gasteiger partial charge in [0.25, 0.3) is 5.91 Å². The highest BCUT2D eigenvalue weighted by Gasteiger charge is 2.27. The fraction of sp³-hybridized carbons (Fsp3) is 0.375. The Morgan fingerprint density at radius 2 is 1.95 bits per heavy atom. The van der Waals surface area contributed by atoms with E-state index < -0.39 is 0 Å². The fourth-order valence-electron chi connectivity index (χ4n) is 2.92. The number of benzene rings is 1. The van der Waals surface area contributed by atoms with Crippen LogP contribution in [0.4, 0.5) is 0 Å². The van der Waals surface area contributed by atoms with Crippen LogP contribution in [-0.2, 0) is 4.79 Å². The molecule has 2 aromatic rings. The predicted octanol–water partition coefficient (Wildman–Crippen LogP) is 3.28. The van der Waals surface area contributed by atoms with Crippen molar-refractivity contribution >= 4 is 44.8 Å². The highest BCUT2D eigenvalue weighted by atomic mass is 35.5. The van der Waals surface area contributed by atoms with Crippen LogP contribution in [0.2, 0.25) is 5.02 Å². The van der Waals surface area contributed by atoms with Crippen molar-refractivity contribution in [3.8, 4) is 0 Å². The number of amides is 2. The first-order valence-corrected chi connectivity index (χ1v) is 8.50. The maximum Gasteiger partial charge on any atom is 0.265 e. The van der Waals surface area contributed by atoms with E-state index in [0.29, 0.717) is 35.3 Å². The molecule has 4 nitrogen and oxygen atoms in total. The molecule has 1 aliphatic heterocycles. The number of nitrogens with two attached hydrogens (primary N) is 1. The van der Waals surface area contributed by atoms with E-state index in [-0.39, 0.29) is 11.8 Å². The Hall–Kier alpha value is -1.59. The van der Waals surface area contributed by atoms with Crippen molar-refractivity contribution in [1.82, 2.24) is 4.90 Å². The van der Waals surface area contributed by atoms with E-state index in [1.807, 2.05) is 29.2 Å². The average molecular weight is 337 g/mol. The van der Waals surface area contributed by atoms with Crippen molar-refractivity contribution in [2.24, 2.45) is 11.7 Å². The van der Waals surface area contributed by atoms with Crippen molar-refractivity contribution in [1.29, 1.82) is 0 Å². The molecule has 1 aromatic heterocycles. The number of rotatable bonds is 3. The van der Waals surface area contributed by atoms with Crippen molar-refractivity contribution in [3.63, 3.8) is 0 Å². The molecule has 2 amide bonds. The zero-order chi connectivity index (χ0) is 15.7. The molecule has 6 heteroatoms. The maximum absolute atomic E-state index is 12.7. The second kappa shape index (κ2) is 6.26. The number of likely N-dealkylation sites (tertiary alicyclic amines) is 1. The zero-order valence-corrected chi connectivity index (χ0v) is 13.6. The topological polar surface area (TPSA) is 63.4 Å². The first-order chi connectivity index (χ1) is 10.6. The van der Waals surface area contributed by atoms with Crippen molar-refractivity contribution in [2.45, 2.75) is 19.3 Å². The Kier molecular flexibility index (Phi) is 4.36. The summed E-state index contributed by atoms with van der Waals surface area (Å²) >= 11 is 7.81. The number of hydrogen-bond acceptors (Lipinski definition) is 3. The molecular formula is C16H17ClN2O2S. The molecule has 1 aromatic carbocycles. The van der Waals surface area contributed by atoms with E-state index in [1.54, 1.807) is 0 Å². The minimum absolute atomic E-state index is 0.0104. The number of carbonyl (C=O) groups excluding carboxylic acids is 2. The molecule has 0 unspecified atom stereocenters. The molecule has 0 radical (unpaired) electrons. The molecule has 0 aliphatic carbocycles. The molecule has 0 saturated carbocycles. The summed E-state index contributed by atoms with van der Waals surface area (Å²) in [6, 6.07) is 7.77. The third-order valence-corrected chi connectivity index (χ3v) is 5.78. The summed E-state index contributed by atoms with van der Waals surface area (Å²) in [5, 5.41) is 1.48. The first kappa shape index (κ1) is 15.3. The molecule has 0 atom stereocenters. The van der Waals surface area contributed by atoms with Gasteiger partial charge in [-0.15, -0.1) is 11.3 Å². The molecule has 116 valence electrons. The number of halogens is 1. The summed E-state index contributed by atoms with van der Waals surface area (Å²) in [6.07, 6.45) is 2.04. The van der Waals surface area contributed by atoms with Crippen LogP contribution in [0.15, 0.2) is 24.3 Å². The van der Waals surface area contributed by atoms with Crippen molar-refractivity contribution in [3.05, 3.63) is 34.2 Å². The summed E-state index contributed by atoms with van der Waals surface area (Å²) in [6.45, 7) is 1.31. The van der Waals surface area contributed by atoms with Crippen LogP contribution in [0.25, 0.3) is 10.1 Å². The smallest absolute Gasteiger partial charge is 0.265 e. The Morgan fingerprint density at radius 1 is 1.27 bits per heavy atom. The van der Waals surface area contributed by atoms with Gasteiger partial charge in [-0.2, -0.15) is 0 Å². The first-order valence-electron chi connectivity index (χ1n) is 7.31. The Morgan fingerprint density at radius 3 is 2.59 bits per heavy atom. The largest absolute Gasteiger partial charge is 0.370 e. The van der Waals surface area contributed by atoms with Crippen LogP contribution in [0.5, 0.6) is 0 Å². The Bertz CT molecular complexity index is 720. The third kappa shape index (κ3) is 2.96. The van der Waals surface area contributed by atoms with E-state index >= 15 is 0 Å². The molecular weight excluding hydrogens is 320 g/mol. The number of primary amides is 1. The van der Waals surface area contributed by atoms with Gasteiger partial charge >= 0.3 is 0 Å².